The molecule has 1 aliphatic carbocycles. The Morgan fingerprint density at radius 2 is 1.56 bits per heavy atom. The lowest BCUT2D eigenvalue weighted by Gasteiger charge is -2.29. The van der Waals surface area contributed by atoms with Gasteiger partial charge in [-0.25, -0.2) is 0 Å². The van der Waals surface area contributed by atoms with Crippen LogP contribution in [0, 0.1) is 35.0 Å². The van der Waals surface area contributed by atoms with E-state index in [-0.39, 0.29) is 0 Å². The highest BCUT2D eigenvalue weighted by Gasteiger charge is 2.51. The van der Waals surface area contributed by atoms with Crippen LogP contribution in [0.1, 0.15) is 67.7 Å². The smallest absolute Gasteiger partial charge is 0.0269 e. The summed E-state index contributed by atoms with van der Waals surface area (Å²) in [5, 5.41) is 0. The van der Waals surface area contributed by atoms with Crippen LogP contribution in [0.5, 0.6) is 0 Å². The predicted octanol–water partition coefficient (Wildman–Crippen LogP) is 5.38. The molecule has 0 spiro atoms. The molecule has 0 amide bonds. The lowest BCUT2D eigenvalue weighted by Crippen LogP contribution is -2.21. The lowest BCUT2D eigenvalue weighted by molar-refractivity contribution is 0.204. The summed E-state index contributed by atoms with van der Waals surface area (Å²) in [6, 6.07) is 0. The lowest BCUT2D eigenvalue weighted by atomic mass is 9.76. The molecule has 5 atom stereocenters. The molecule has 0 saturated heterocycles. The summed E-state index contributed by atoms with van der Waals surface area (Å²) >= 11 is 0. The molecule has 0 bridgehead atoms. The van der Waals surface area contributed by atoms with E-state index in [1.807, 2.05) is 0 Å². The van der Waals surface area contributed by atoms with Crippen LogP contribution in [0.2, 0.25) is 0 Å². The van der Waals surface area contributed by atoms with Crippen molar-refractivity contribution in [1.82, 2.24) is 0 Å². The quantitative estimate of drug-likeness (QED) is 0.568. The van der Waals surface area contributed by atoms with Crippen LogP contribution in [0.4, 0.5) is 0 Å². The standard InChI is InChI=1S/C16H32/c1-11(2)8-12(3)9-13(4)15(6)16(7)10-14(16)5/h11-15H,8-10H2,1-7H3. The molecule has 0 heteroatoms. The van der Waals surface area contributed by atoms with Gasteiger partial charge in [-0.3, -0.25) is 0 Å². The van der Waals surface area contributed by atoms with Gasteiger partial charge < -0.3 is 0 Å². The number of rotatable bonds is 6. The van der Waals surface area contributed by atoms with Gasteiger partial charge in [-0.05, 0) is 54.3 Å². The van der Waals surface area contributed by atoms with E-state index >= 15 is 0 Å². The second kappa shape index (κ2) is 5.10. The van der Waals surface area contributed by atoms with Gasteiger partial charge in [0, 0.05) is 0 Å². The summed E-state index contributed by atoms with van der Waals surface area (Å²) in [6.07, 6.45) is 4.27. The Morgan fingerprint density at radius 3 is 1.94 bits per heavy atom. The molecule has 0 aromatic carbocycles. The van der Waals surface area contributed by atoms with E-state index in [1.54, 1.807) is 0 Å². The maximum atomic E-state index is 2.49. The van der Waals surface area contributed by atoms with E-state index in [9.17, 15) is 0 Å². The van der Waals surface area contributed by atoms with Crippen LogP contribution in [0.3, 0.4) is 0 Å². The minimum absolute atomic E-state index is 0.664. The molecule has 1 rings (SSSR count). The van der Waals surface area contributed by atoms with Gasteiger partial charge in [0.15, 0.2) is 0 Å². The van der Waals surface area contributed by atoms with Crippen molar-refractivity contribution in [1.29, 1.82) is 0 Å². The Balaban J connectivity index is 2.37. The molecule has 0 N–H and O–H groups in total. The molecule has 16 heavy (non-hydrogen) atoms. The van der Waals surface area contributed by atoms with Gasteiger partial charge in [-0.15, -0.1) is 0 Å². The first kappa shape index (κ1) is 14.1. The van der Waals surface area contributed by atoms with Crippen LogP contribution < -0.4 is 0 Å². The van der Waals surface area contributed by atoms with Crippen LogP contribution in [0.15, 0.2) is 0 Å². The van der Waals surface area contributed by atoms with Gasteiger partial charge in [-0.1, -0.05) is 48.5 Å². The maximum absolute atomic E-state index is 2.49. The van der Waals surface area contributed by atoms with Crippen LogP contribution in [-0.4, -0.2) is 0 Å². The normalized spacial score (nSPS) is 34.9. The fraction of sp³-hybridized carbons (Fsp3) is 1.00. The zero-order valence-corrected chi connectivity index (χ0v) is 12.5. The Kier molecular flexibility index (Phi) is 4.49. The third kappa shape index (κ3) is 3.25. The molecule has 0 heterocycles. The second-order valence-corrected chi connectivity index (χ2v) is 7.35. The molecule has 0 aromatic heterocycles. The van der Waals surface area contributed by atoms with Gasteiger partial charge in [0.25, 0.3) is 0 Å². The molecule has 0 nitrogen and oxygen atoms in total. The minimum Gasteiger partial charge on any atom is -0.0628 e. The summed E-state index contributed by atoms with van der Waals surface area (Å²) in [4.78, 5) is 0. The molecule has 1 saturated carbocycles. The molecule has 0 radical (unpaired) electrons. The monoisotopic (exact) mass is 224 g/mol. The highest BCUT2D eigenvalue weighted by atomic mass is 14.6. The first-order chi connectivity index (χ1) is 7.27. The highest BCUT2D eigenvalue weighted by Crippen LogP contribution is 2.59. The van der Waals surface area contributed by atoms with E-state index < -0.39 is 0 Å². The molecular formula is C16H32. The zero-order chi connectivity index (χ0) is 12.5. The van der Waals surface area contributed by atoms with Gasteiger partial charge in [0.1, 0.15) is 0 Å². The fourth-order valence-corrected chi connectivity index (χ4v) is 3.63. The Hall–Kier alpha value is 0. The molecule has 96 valence electrons. The summed E-state index contributed by atoms with van der Waals surface area (Å²) in [7, 11) is 0. The van der Waals surface area contributed by atoms with Crippen molar-refractivity contribution >= 4 is 0 Å². The van der Waals surface area contributed by atoms with Crippen molar-refractivity contribution in [3.63, 3.8) is 0 Å². The molecular weight excluding hydrogens is 192 g/mol. The van der Waals surface area contributed by atoms with E-state index in [4.69, 9.17) is 0 Å². The van der Waals surface area contributed by atoms with Gasteiger partial charge >= 0.3 is 0 Å². The fourth-order valence-electron chi connectivity index (χ4n) is 3.63. The first-order valence-corrected chi connectivity index (χ1v) is 7.27. The van der Waals surface area contributed by atoms with Crippen molar-refractivity contribution in [2.45, 2.75) is 67.7 Å². The summed E-state index contributed by atoms with van der Waals surface area (Å²) in [6.45, 7) is 17.0. The van der Waals surface area contributed by atoms with Crippen LogP contribution in [-0.2, 0) is 0 Å². The number of hydrogen-bond acceptors (Lipinski definition) is 0. The summed E-state index contributed by atoms with van der Waals surface area (Å²) in [5.74, 6) is 4.51. The first-order valence-electron chi connectivity index (χ1n) is 7.27. The third-order valence-corrected chi connectivity index (χ3v) is 5.25. The van der Waals surface area contributed by atoms with Crippen molar-refractivity contribution in [3.05, 3.63) is 0 Å². The van der Waals surface area contributed by atoms with Gasteiger partial charge in [0.2, 0.25) is 0 Å². The summed E-state index contributed by atoms with van der Waals surface area (Å²) < 4.78 is 0. The van der Waals surface area contributed by atoms with Crippen LogP contribution in [0.25, 0.3) is 0 Å². The van der Waals surface area contributed by atoms with E-state index in [1.165, 1.54) is 19.3 Å². The highest BCUT2D eigenvalue weighted by molar-refractivity contribution is 5.00. The van der Waals surface area contributed by atoms with Crippen molar-refractivity contribution < 1.29 is 0 Å². The average Bonchev–Trinajstić information content (AvgIpc) is 2.73. The Bertz CT molecular complexity index is 218. The van der Waals surface area contributed by atoms with Crippen molar-refractivity contribution in [2.24, 2.45) is 35.0 Å². The SMILES string of the molecule is CC(C)CC(C)CC(C)C(C)C1(C)CC1C. The zero-order valence-electron chi connectivity index (χ0n) is 12.5. The third-order valence-electron chi connectivity index (χ3n) is 5.25. The summed E-state index contributed by atoms with van der Waals surface area (Å²) in [5.41, 5.74) is 0.664. The van der Waals surface area contributed by atoms with E-state index in [2.05, 4.69) is 48.5 Å². The average molecular weight is 224 g/mol. The van der Waals surface area contributed by atoms with E-state index in [0.717, 1.165) is 29.6 Å². The Morgan fingerprint density at radius 1 is 1.06 bits per heavy atom. The van der Waals surface area contributed by atoms with Crippen molar-refractivity contribution in [3.8, 4) is 0 Å². The minimum atomic E-state index is 0.664. The molecule has 0 aromatic rings. The Labute approximate surface area is 103 Å². The predicted molar refractivity (Wildman–Crippen MR) is 73.5 cm³/mol. The van der Waals surface area contributed by atoms with Crippen LogP contribution >= 0.6 is 0 Å². The molecule has 1 aliphatic rings. The molecule has 5 unspecified atom stereocenters. The molecule has 0 aliphatic heterocycles. The second-order valence-electron chi connectivity index (χ2n) is 7.35. The molecule has 1 fully saturated rings. The van der Waals surface area contributed by atoms with Gasteiger partial charge in [-0.2, -0.15) is 0 Å². The van der Waals surface area contributed by atoms with Gasteiger partial charge in [0.05, 0.1) is 0 Å². The number of hydrogen-bond donors (Lipinski definition) is 0. The topological polar surface area (TPSA) is 0 Å². The largest absolute Gasteiger partial charge is 0.0628 e. The van der Waals surface area contributed by atoms with Crippen molar-refractivity contribution in [2.75, 3.05) is 0 Å². The van der Waals surface area contributed by atoms with E-state index in [0.29, 0.717) is 5.41 Å². The maximum Gasteiger partial charge on any atom is -0.0269 e.